The van der Waals surface area contributed by atoms with Crippen LogP contribution in [0.15, 0.2) is 18.2 Å². The van der Waals surface area contributed by atoms with E-state index in [1.54, 1.807) is 0 Å². The van der Waals surface area contributed by atoms with Gasteiger partial charge in [0.25, 0.3) is 0 Å². The zero-order valence-electron chi connectivity index (χ0n) is 12.6. The van der Waals surface area contributed by atoms with Gasteiger partial charge in [0.1, 0.15) is 11.6 Å². The van der Waals surface area contributed by atoms with Crippen LogP contribution in [0.3, 0.4) is 0 Å². The highest BCUT2D eigenvalue weighted by Crippen LogP contribution is 2.10. The summed E-state index contributed by atoms with van der Waals surface area (Å²) in [6.07, 6.45) is 10.3. The van der Waals surface area contributed by atoms with Gasteiger partial charge in [0.15, 0.2) is 0 Å². The zero-order chi connectivity index (χ0) is 14.6. The number of halogens is 2. The van der Waals surface area contributed by atoms with Gasteiger partial charge in [0.05, 0.1) is 0 Å². The quantitative estimate of drug-likeness (QED) is 0.551. The monoisotopic (exact) mass is 283 g/mol. The first-order chi connectivity index (χ1) is 9.74. The van der Waals surface area contributed by atoms with Crippen molar-refractivity contribution < 1.29 is 8.78 Å². The molecule has 0 amide bonds. The van der Waals surface area contributed by atoms with Crippen LogP contribution in [0.1, 0.15) is 63.9 Å². The Morgan fingerprint density at radius 2 is 1.55 bits per heavy atom. The number of hydrogen-bond acceptors (Lipinski definition) is 1. The third kappa shape index (κ3) is 7.59. The van der Waals surface area contributed by atoms with Gasteiger partial charge >= 0.3 is 0 Å². The summed E-state index contributed by atoms with van der Waals surface area (Å²) >= 11 is 0. The van der Waals surface area contributed by atoms with Crippen LogP contribution in [0.4, 0.5) is 8.78 Å². The first-order valence-corrected chi connectivity index (χ1v) is 7.88. The molecule has 0 saturated heterocycles. The van der Waals surface area contributed by atoms with Crippen molar-refractivity contribution in [2.24, 2.45) is 0 Å². The minimum atomic E-state index is -0.519. The maximum Gasteiger partial charge on any atom is 0.130 e. The van der Waals surface area contributed by atoms with Crippen molar-refractivity contribution in [2.75, 3.05) is 6.54 Å². The van der Waals surface area contributed by atoms with Crippen molar-refractivity contribution in [1.82, 2.24) is 5.32 Å². The number of unbranched alkanes of at least 4 members (excludes halogenated alkanes) is 7. The highest BCUT2D eigenvalue weighted by molar-refractivity contribution is 5.18. The minimum absolute atomic E-state index is 0.464. The Labute approximate surface area is 121 Å². The summed E-state index contributed by atoms with van der Waals surface area (Å²) in [4.78, 5) is 0. The van der Waals surface area contributed by atoms with Gasteiger partial charge in [0, 0.05) is 18.2 Å². The van der Waals surface area contributed by atoms with Crippen molar-refractivity contribution in [3.8, 4) is 0 Å². The third-order valence-electron chi connectivity index (χ3n) is 3.54. The van der Waals surface area contributed by atoms with Crippen molar-refractivity contribution in [3.63, 3.8) is 0 Å². The Hall–Kier alpha value is -0.960. The van der Waals surface area contributed by atoms with E-state index >= 15 is 0 Å². The van der Waals surface area contributed by atoms with Gasteiger partial charge in [-0.25, -0.2) is 8.78 Å². The van der Waals surface area contributed by atoms with E-state index in [1.165, 1.54) is 57.1 Å². The number of rotatable bonds is 11. The van der Waals surface area contributed by atoms with Crippen molar-refractivity contribution in [3.05, 3.63) is 35.4 Å². The number of benzene rings is 1. The molecule has 0 spiro atoms. The molecule has 0 aliphatic carbocycles. The summed E-state index contributed by atoms with van der Waals surface area (Å²) in [5, 5.41) is 3.21. The van der Waals surface area contributed by atoms with Gasteiger partial charge in [0.2, 0.25) is 0 Å². The van der Waals surface area contributed by atoms with Gasteiger partial charge in [-0.05, 0) is 19.0 Å². The van der Waals surface area contributed by atoms with E-state index in [2.05, 4.69) is 12.2 Å². The second-order valence-electron chi connectivity index (χ2n) is 5.39. The average Bonchev–Trinajstić information content (AvgIpc) is 2.43. The van der Waals surface area contributed by atoms with Crippen LogP contribution >= 0.6 is 0 Å². The molecule has 1 rings (SSSR count). The van der Waals surface area contributed by atoms with Crippen molar-refractivity contribution in [2.45, 2.75) is 64.8 Å². The van der Waals surface area contributed by atoms with Crippen LogP contribution in [0.2, 0.25) is 0 Å². The Balaban J connectivity index is 1.97. The minimum Gasteiger partial charge on any atom is -0.313 e. The molecule has 3 heteroatoms. The molecule has 1 aromatic rings. The molecule has 1 nitrogen and oxygen atoms in total. The second kappa shape index (κ2) is 10.8. The highest BCUT2D eigenvalue weighted by Gasteiger charge is 2.02. The molecule has 0 aromatic heterocycles. The van der Waals surface area contributed by atoms with Crippen molar-refractivity contribution in [1.29, 1.82) is 0 Å². The SMILES string of the molecule is CCCCCCCCCCNCc1ccc(F)cc1F. The summed E-state index contributed by atoms with van der Waals surface area (Å²) < 4.78 is 26.1. The maximum absolute atomic E-state index is 13.3. The van der Waals surface area contributed by atoms with E-state index in [-0.39, 0.29) is 0 Å². The summed E-state index contributed by atoms with van der Waals surface area (Å²) in [5.41, 5.74) is 0.533. The predicted octanol–water partition coefficient (Wildman–Crippen LogP) is 5.20. The zero-order valence-corrected chi connectivity index (χ0v) is 12.6. The van der Waals surface area contributed by atoms with Gasteiger partial charge < -0.3 is 5.32 Å². The molecule has 0 aliphatic heterocycles. The fourth-order valence-corrected chi connectivity index (χ4v) is 2.27. The van der Waals surface area contributed by atoms with Crippen molar-refractivity contribution >= 4 is 0 Å². The first-order valence-electron chi connectivity index (χ1n) is 7.88. The molecular formula is C17H27F2N. The molecule has 1 N–H and O–H groups in total. The summed E-state index contributed by atoms with van der Waals surface area (Å²) in [5.74, 6) is -0.984. The van der Waals surface area contributed by atoms with Crippen LogP contribution in [-0.4, -0.2) is 6.54 Å². The van der Waals surface area contributed by atoms with Gasteiger partial charge in [-0.1, -0.05) is 57.9 Å². The lowest BCUT2D eigenvalue weighted by Gasteiger charge is -2.06. The normalized spacial score (nSPS) is 10.9. The first kappa shape index (κ1) is 17.1. The van der Waals surface area contributed by atoms with Gasteiger partial charge in [-0.2, -0.15) is 0 Å². The van der Waals surface area contributed by atoms with E-state index in [0.717, 1.165) is 19.0 Å². The van der Waals surface area contributed by atoms with E-state index in [1.807, 2.05) is 0 Å². The Kier molecular flexibility index (Phi) is 9.22. The van der Waals surface area contributed by atoms with Gasteiger partial charge in [-0.3, -0.25) is 0 Å². The summed E-state index contributed by atoms with van der Waals surface area (Å²) in [6, 6.07) is 3.75. The molecule has 114 valence electrons. The topological polar surface area (TPSA) is 12.0 Å². The fourth-order valence-electron chi connectivity index (χ4n) is 2.27. The average molecular weight is 283 g/mol. The van der Waals surface area contributed by atoms with Crippen LogP contribution in [0.5, 0.6) is 0 Å². The highest BCUT2D eigenvalue weighted by atomic mass is 19.1. The van der Waals surface area contributed by atoms with E-state index < -0.39 is 11.6 Å². The Morgan fingerprint density at radius 3 is 2.20 bits per heavy atom. The van der Waals surface area contributed by atoms with E-state index in [4.69, 9.17) is 0 Å². The van der Waals surface area contributed by atoms with Gasteiger partial charge in [-0.15, -0.1) is 0 Å². The summed E-state index contributed by atoms with van der Waals surface area (Å²) in [7, 11) is 0. The van der Waals surface area contributed by atoms with Crippen LogP contribution in [0, 0.1) is 11.6 Å². The van der Waals surface area contributed by atoms with Crippen LogP contribution < -0.4 is 5.32 Å². The smallest absolute Gasteiger partial charge is 0.130 e. The Bertz CT molecular complexity index is 366. The summed E-state index contributed by atoms with van der Waals surface area (Å²) in [6.45, 7) is 3.60. The molecule has 0 bridgehead atoms. The van der Waals surface area contributed by atoms with Crippen LogP contribution in [-0.2, 0) is 6.54 Å². The fraction of sp³-hybridized carbons (Fsp3) is 0.647. The Morgan fingerprint density at radius 1 is 0.900 bits per heavy atom. The lowest BCUT2D eigenvalue weighted by molar-refractivity contribution is 0.539. The number of hydrogen-bond donors (Lipinski definition) is 1. The predicted molar refractivity (Wildman–Crippen MR) is 80.7 cm³/mol. The van der Waals surface area contributed by atoms with E-state index in [9.17, 15) is 8.78 Å². The molecule has 0 atom stereocenters. The second-order valence-corrected chi connectivity index (χ2v) is 5.39. The molecule has 1 aromatic carbocycles. The standard InChI is InChI=1S/C17H27F2N/c1-2-3-4-5-6-7-8-9-12-20-14-15-10-11-16(18)13-17(15)19/h10-11,13,20H,2-9,12,14H2,1H3. The molecule has 0 unspecified atom stereocenters. The third-order valence-corrected chi connectivity index (χ3v) is 3.54. The molecule has 0 heterocycles. The molecular weight excluding hydrogens is 256 g/mol. The molecule has 0 aliphatic rings. The maximum atomic E-state index is 13.3. The van der Waals surface area contributed by atoms with Crippen LogP contribution in [0.25, 0.3) is 0 Å². The number of nitrogens with one attached hydrogen (secondary N) is 1. The lowest BCUT2D eigenvalue weighted by atomic mass is 10.1. The van der Waals surface area contributed by atoms with E-state index in [0.29, 0.717) is 12.1 Å². The molecule has 0 fully saturated rings. The molecule has 20 heavy (non-hydrogen) atoms. The molecule has 0 saturated carbocycles. The largest absolute Gasteiger partial charge is 0.313 e. The lowest BCUT2D eigenvalue weighted by Crippen LogP contribution is -2.15. The molecule has 0 radical (unpaired) electrons.